The van der Waals surface area contributed by atoms with Crippen LogP contribution in [-0.2, 0) is 4.79 Å². The molecule has 28 heavy (non-hydrogen) atoms. The number of piperidine rings is 1. The highest BCUT2D eigenvalue weighted by atomic mass is 16.2. The normalized spacial score (nSPS) is 18.5. The van der Waals surface area contributed by atoms with Crippen LogP contribution in [0.3, 0.4) is 0 Å². The first-order valence-corrected chi connectivity index (χ1v) is 10.2. The number of benzene rings is 2. The van der Waals surface area contributed by atoms with Gasteiger partial charge in [-0.2, -0.15) is 0 Å². The van der Waals surface area contributed by atoms with Gasteiger partial charge in [0.25, 0.3) is 5.91 Å². The van der Waals surface area contributed by atoms with Crippen molar-refractivity contribution in [1.29, 1.82) is 0 Å². The summed E-state index contributed by atoms with van der Waals surface area (Å²) in [6, 6.07) is 16.9. The number of anilines is 2. The molecule has 0 aliphatic carbocycles. The first kappa shape index (κ1) is 18.7. The Hall–Kier alpha value is -2.66. The second-order valence-corrected chi connectivity index (χ2v) is 7.57. The molecule has 4 rings (SSSR count). The number of carbonyl (C=O) groups excluding carboxylic acids is 2. The number of carbonyl (C=O) groups is 2. The smallest absolute Gasteiger partial charge is 0.258 e. The lowest BCUT2D eigenvalue weighted by atomic mass is 10.1. The molecular weight excluding hydrogens is 350 g/mol. The average molecular weight is 377 g/mol. The van der Waals surface area contributed by atoms with Gasteiger partial charge in [0.2, 0.25) is 5.91 Å². The fourth-order valence-corrected chi connectivity index (χ4v) is 4.23. The topological polar surface area (TPSA) is 43.9 Å². The number of hydrogen-bond donors (Lipinski definition) is 0. The van der Waals surface area contributed by atoms with Crippen molar-refractivity contribution in [3.05, 3.63) is 60.2 Å². The maximum absolute atomic E-state index is 13.3. The molecule has 2 aromatic rings. The van der Waals surface area contributed by atoms with Gasteiger partial charge in [-0.1, -0.05) is 36.8 Å². The molecule has 146 valence electrons. The van der Waals surface area contributed by atoms with E-state index in [-0.39, 0.29) is 17.9 Å². The summed E-state index contributed by atoms with van der Waals surface area (Å²) in [5.41, 5.74) is 2.30. The second-order valence-electron chi connectivity index (χ2n) is 7.57. The minimum Gasteiger partial charge on any atom is -0.307 e. The Kier molecular flexibility index (Phi) is 5.44. The molecule has 0 saturated carbocycles. The zero-order valence-corrected chi connectivity index (χ0v) is 16.4. The van der Waals surface area contributed by atoms with E-state index in [4.69, 9.17) is 0 Å². The molecule has 0 spiro atoms. The third kappa shape index (κ3) is 3.54. The molecule has 0 bridgehead atoms. The van der Waals surface area contributed by atoms with Crippen molar-refractivity contribution in [2.75, 3.05) is 36.0 Å². The third-order valence-corrected chi connectivity index (χ3v) is 5.84. The van der Waals surface area contributed by atoms with Crippen molar-refractivity contribution in [3.63, 3.8) is 0 Å². The van der Waals surface area contributed by atoms with Crippen LogP contribution in [0.25, 0.3) is 0 Å². The fraction of sp³-hybridized carbons (Fsp3) is 0.391. The van der Waals surface area contributed by atoms with Gasteiger partial charge in [-0.3, -0.25) is 14.5 Å². The zero-order chi connectivity index (χ0) is 19.5. The highest BCUT2D eigenvalue weighted by molar-refractivity contribution is 6.11. The van der Waals surface area contributed by atoms with Crippen LogP contribution in [-0.4, -0.2) is 48.9 Å². The molecule has 0 N–H and O–H groups in total. The summed E-state index contributed by atoms with van der Waals surface area (Å²) in [7, 11) is 0. The highest BCUT2D eigenvalue weighted by Gasteiger charge is 2.34. The van der Waals surface area contributed by atoms with E-state index in [1.807, 2.05) is 66.4 Å². The molecule has 5 nitrogen and oxygen atoms in total. The third-order valence-electron chi connectivity index (χ3n) is 5.84. The molecule has 2 heterocycles. The van der Waals surface area contributed by atoms with E-state index in [9.17, 15) is 9.59 Å². The van der Waals surface area contributed by atoms with E-state index in [0.717, 1.165) is 37.3 Å². The standard InChI is InChI=1S/C23H27N3O2/c1-18(24-14-8-3-9-15-24)22(27)25-16-17-26(21-13-7-6-12-20(21)25)23(28)19-10-4-2-5-11-19/h2,4-7,10-13,18H,3,8-9,14-17H2,1H3. The molecule has 2 amide bonds. The minimum absolute atomic E-state index is 0.0239. The van der Waals surface area contributed by atoms with Crippen LogP contribution in [0.15, 0.2) is 54.6 Å². The van der Waals surface area contributed by atoms with Gasteiger partial charge in [-0.05, 0) is 57.1 Å². The number of nitrogens with zero attached hydrogens (tertiary/aromatic N) is 3. The van der Waals surface area contributed by atoms with Crippen molar-refractivity contribution in [2.24, 2.45) is 0 Å². The molecule has 2 aliphatic heterocycles. The highest BCUT2D eigenvalue weighted by Crippen LogP contribution is 2.34. The minimum atomic E-state index is -0.135. The molecule has 1 saturated heterocycles. The van der Waals surface area contributed by atoms with Crippen molar-refractivity contribution >= 4 is 23.2 Å². The Morgan fingerprint density at radius 3 is 2.00 bits per heavy atom. The lowest BCUT2D eigenvalue weighted by Gasteiger charge is -2.40. The van der Waals surface area contributed by atoms with Gasteiger partial charge in [0.05, 0.1) is 17.4 Å². The van der Waals surface area contributed by atoms with Crippen LogP contribution < -0.4 is 9.80 Å². The van der Waals surface area contributed by atoms with Gasteiger partial charge >= 0.3 is 0 Å². The lowest BCUT2D eigenvalue weighted by Crippen LogP contribution is -2.53. The quantitative estimate of drug-likeness (QED) is 0.822. The van der Waals surface area contributed by atoms with Gasteiger partial charge in [0, 0.05) is 18.7 Å². The van der Waals surface area contributed by atoms with Crippen molar-refractivity contribution in [3.8, 4) is 0 Å². The molecule has 5 heteroatoms. The summed E-state index contributed by atoms with van der Waals surface area (Å²) < 4.78 is 0. The summed E-state index contributed by atoms with van der Waals surface area (Å²) in [6.07, 6.45) is 3.57. The summed E-state index contributed by atoms with van der Waals surface area (Å²) >= 11 is 0. The van der Waals surface area contributed by atoms with E-state index in [1.54, 1.807) is 4.90 Å². The van der Waals surface area contributed by atoms with Crippen LogP contribution >= 0.6 is 0 Å². The first-order chi connectivity index (χ1) is 13.7. The van der Waals surface area contributed by atoms with Crippen LogP contribution in [0.2, 0.25) is 0 Å². The summed E-state index contributed by atoms with van der Waals surface area (Å²) in [6.45, 7) is 5.01. The van der Waals surface area contributed by atoms with Gasteiger partial charge in [-0.25, -0.2) is 0 Å². The van der Waals surface area contributed by atoms with Crippen molar-refractivity contribution < 1.29 is 9.59 Å². The molecule has 2 aromatic carbocycles. The fourth-order valence-electron chi connectivity index (χ4n) is 4.23. The van der Waals surface area contributed by atoms with Gasteiger partial charge < -0.3 is 9.80 Å². The van der Waals surface area contributed by atoms with Crippen LogP contribution in [0.5, 0.6) is 0 Å². The van der Waals surface area contributed by atoms with E-state index >= 15 is 0 Å². The molecule has 2 aliphatic rings. The van der Waals surface area contributed by atoms with E-state index in [0.29, 0.717) is 18.7 Å². The number of likely N-dealkylation sites (tertiary alicyclic amines) is 1. The first-order valence-electron chi connectivity index (χ1n) is 10.2. The largest absolute Gasteiger partial charge is 0.307 e. The lowest BCUT2D eigenvalue weighted by molar-refractivity contribution is -0.123. The predicted molar refractivity (Wildman–Crippen MR) is 112 cm³/mol. The summed E-state index contributed by atoms with van der Waals surface area (Å²) in [5.74, 6) is 0.102. The van der Waals surface area contributed by atoms with Gasteiger partial charge in [0.15, 0.2) is 0 Å². The zero-order valence-electron chi connectivity index (χ0n) is 16.4. The molecular formula is C23H27N3O2. The van der Waals surface area contributed by atoms with Crippen molar-refractivity contribution in [1.82, 2.24) is 4.90 Å². The summed E-state index contributed by atoms with van der Waals surface area (Å²) in [5, 5.41) is 0. The SMILES string of the molecule is CC(C(=O)N1CCN(C(=O)c2ccccc2)c2ccccc21)N1CCCCC1. The Morgan fingerprint density at radius 2 is 1.32 bits per heavy atom. The Bertz CT molecular complexity index is 846. The number of rotatable bonds is 3. The van der Waals surface area contributed by atoms with Crippen LogP contribution in [0.1, 0.15) is 36.5 Å². The Labute approximate surface area is 166 Å². The van der Waals surface area contributed by atoms with Crippen molar-refractivity contribution in [2.45, 2.75) is 32.2 Å². The maximum atomic E-state index is 13.3. The van der Waals surface area contributed by atoms with E-state index in [2.05, 4.69) is 4.90 Å². The number of hydrogen-bond acceptors (Lipinski definition) is 3. The maximum Gasteiger partial charge on any atom is 0.258 e. The van der Waals surface area contributed by atoms with Crippen LogP contribution in [0, 0.1) is 0 Å². The molecule has 0 radical (unpaired) electrons. The van der Waals surface area contributed by atoms with E-state index in [1.165, 1.54) is 6.42 Å². The predicted octanol–water partition coefficient (Wildman–Crippen LogP) is 3.55. The second kappa shape index (κ2) is 8.15. The van der Waals surface area contributed by atoms with Gasteiger partial charge in [0.1, 0.15) is 0 Å². The van der Waals surface area contributed by atoms with E-state index < -0.39 is 0 Å². The number of para-hydroxylation sites is 2. The average Bonchev–Trinajstić information content (AvgIpc) is 2.78. The molecule has 0 aromatic heterocycles. The Balaban J connectivity index is 1.59. The number of fused-ring (bicyclic) bond motifs is 1. The Morgan fingerprint density at radius 1 is 0.750 bits per heavy atom. The van der Waals surface area contributed by atoms with Crippen LogP contribution in [0.4, 0.5) is 11.4 Å². The molecule has 1 atom stereocenters. The number of amides is 2. The monoisotopic (exact) mass is 377 g/mol. The molecule has 1 fully saturated rings. The molecule has 1 unspecified atom stereocenters. The van der Waals surface area contributed by atoms with Gasteiger partial charge in [-0.15, -0.1) is 0 Å². The summed E-state index contributed by atoms with van der Waals surface area (Å²) in [4.78, 5) is 32.3.